The third kappa shape index (κ3) is 1.88. The molecule has 4 rings (SSSR count). The molecule has 0 aliphatic carbocycles. The number of aryl methyl sites for hydroxylation is 1. The standard InChI is InChI=1S/C19H17N3O/c1-12-18(20)15-5-3-4-6-16(15)22(12)19(23)14-8-7-13-9-10-21(2)17(13)11-14/h3-11H,20H2,1-2H3. The number of aromatic nitrogens is 2. The number of anilines is 1. The van der Waals surface area contributed by atoms with Crippen LogP contribution < -0.4 is 5.73 Å². The highest BCUT2D eigenvalue weighted by molar-refractivity contribution is 6.08. The van der Waals surface area contributed by atoms with Gasteiger partial charge in [0.2, 0.25) is 0 Å². The molecule has 0 aliphatic heterocycles. The fraction of sp³-hybridized carbons (Fsp3) is 0.105. The predicted octanol–water partition coefficient (Wildman–Crippen LogP) is 3.71. The summed E-state index contributed by atoms with van der Waals surface area (Å²) in [6.45, 7) is 1.88. The van der Waals surface area contributed by atoms with Gasteiger partial charge in [-0.15, -0.1) is 0 Å². The molecule has 0 atom stereocenters. The van der Waals surface area contributed by atoms with Gasteiger partial charge in [-0.3, -0.25) is 9.36 Å². The van der Waals surface area contributed by atoms with Gasteiger partial charge in [0, 0.05) is 35.4 Å². The van der Waals surface area contributed by atoms with Crippen molar-refractivity contribution < 1.29 is 4.79 Å². The normalized spacial score (nSPS) is 11.4. The summed E-state index contributed by atoms with van der Waals surface area (Å²) in [6, 6.07) is 15.6. The maximum atomic E-state index is 13.1. The zero-order valence-corrected chi connectivity index (χ0v) is 13.1. The molecule has 0 bridgehead atoms. The summed E-state index contributed by atoms with van der Waals surface area (Å²) < 4.78 is 3.72. The van der Waals surface area contributed by atoms with E-state index in [2.05, 4.69) is 0 Å². The number of hydrogen-bond donors (Lipinski definition) is 1. The lowest BCUT2D eigenvalue weighted by molar-refractivity contribution is 0.0963. The van der Waals surface area contributed by atoms with Gasteiger partial charge in [-0.05, 0) is 36.6 Å². The highest BCUT2D eigenvalue weighted by Gasteiger charge is 2.18. The predicted molar refractivity (Wildman–Crippen MR) is 93.7 cm³/mol. The first-order valence-corrected chi connectivity index (χ1v) is 7.53. The molecule has 0 saturated heterocycles. The van der Waals surface area contributed by atoms with Gasteiger partial charge in [0.1, 0.15) is 0 Å². The Morgan fingerprint density at radius 1 is 1.04 bits per heavy atom. The maximum Gasteiger partial charge on any atom is 0.262 e. The summed E-state index contributed by atoms with van der Waals surface area (Å²) in [5, 5.41) is 2.04. The highest BCUT2D eigenvalue weighted by atomic mass is 16.2. The SMILES string of the molecule is Cc1c(N)c2ccccc2n1C(=O)c1ccc2ccn(C)c2c1. The van der Waals surface area contributed by atoms with E-state index in [1.54, 1.807) is 4.57 Å². The Kier molecular flexibility index (Phi) is 2.81. The number of carbonyl (C=O) groups is 1. The van der Waals surface area contributed by atoms with E-state index in [1.807, 2.05) is 73.3 Å². The zero-order valence-electron chi connectivity index (χ0n) is 13.1. The van der Waals surface area contributed by atoms with Crippen LogP contribution in [0, 0.1) is 6.92 Å². The van der Waals surface area contributed by atoms with Crippen molar-refractivity contribution in [3.05, 3.63) is 66.0 Å². The third-order valence-electron chi connectivity index (χ3n) is 4.50. The number of nitrogens with two attached hydrogens (primary N) is 1. The monoisotopic (exact) mass is 303 g/mol. The first-order valence-electron chi connectivity index (χ1n) is 7.53. The number of nitrogens with zero attached hydrogens (tertiary/aromatic N) is 2. The van der Waals surface area contributed by atoms with Gasteiger partial charge in [0.25, 0.3) is 5.91 Å². The number of fused-ring (bicyclic) bond motifs is 2. The number of nitrogen functional groups attached to an aromatic ring is 1. The summed E-state index contributed by atoms with van der Waals surface area (Å²) >= 11 is 0. The molecule has 0 aliphatic rings. The summed E-state index contributed by atoms with van der Waals surface area (Å²) in [5.74, 6) is -0.0569. The summed E-state index contributed by atoms with van der Waals surface area (Å²) in [5.41, 5.74) is 10.2. The summed E-state index contributed by atoms with van der Waals surface area (Å²) in [6.07, 6.45) is 1.99. The van der Waals surface area contributed by atoms with Crippen LogP contribution in [0.25, 0.3) is 21.8 Å². The van der Waals surface area contributed by atoms with E-state index in [-0.39, 0.29) is 5.91 Å². The van der Waals surface area contributed by atoms with Crippen molar-refractivity contribution in [3.63, 3.8) is 0 Å². The van der Waals surface area contributed by atoms with Crippen LogP contribution in [0.15, 0.2) is 54.7 Å². The number of rotatable bonds is 1. The van der Waals surface area contributed by atoms with Crippen LogP contribution >= 0.6 is 0 Å². The second-order valence-corrected chi connectivity index (χ2v) is 5.86. The van der Waals surface area contributed by atoms with E-state index in [0.717, 1.165) is 27.5 Å². The first kappa shape index (κ1) is 13.6. The van der Waals surface area contributed by atoms with Gasteiger partial charge < -0.3 is 10.3 Å². The number of benzene rings is 2. The minimum Gasteiger partial charge on any atom is -0.397 e. The highest BCUT2D eigenvalue weighted by Crippen LogP contribution is 2.29. The van der Waals surface area contributed by atoms with Crippen molar-refractivity contribution in [3.8, 4) is 0 Å². The van der Waals surface area contributed by atoms with Gasteiger partial charge >= 0.3 is 0 Å². The van der Waals surface area contributed by atoms with Crippen LogP contribution in [0.1, 0.15) is 16.1 Å². The molecule has 0 fully saturated rings. The molecule has 4 nitrogen and oxygen atoms in total. The molecule has 2 aromatic carbocycles. The Bertz CT molecular complexity index is 1070. The molecule has 0 saturated carbocycles. The third-order valence-corrected chi connectivity index (χ3v) is 4.50. The Labute approximate surface area is 133 Å². The van der Waals surface area contributed by atoms with E-state index in [4.69, 9.17) is 5.73 Å². The van der Waals surface area contributed by atoms with Crippen molar-refractivity contribution in [1.29, 1.82) is 0 Å². The fourth-order valence-corrected chi connectivity index (χ4v) is 3.18. The van der Waals surface area contributed by atoms with Crippen LogP contribution in [0.2, 0.25) is 0 Å². The van der Waals surface area contributed by atoms with Gasteiger partial charge in [-0.25, -0.2) is 0 Å². The Morgan fingerprint density at radius 3 is 2.65 bits per heavy atom. The average Bonchev–Trinajstić information content (AvgIpc) is 3.06. The topological polar surface area (TPSA) is 52.9 Å². The second kappa shape index (κ2) is 4.74. The molecule has 0 radical (unpaired) electrons. The average molecular weight is 303 g/mol. The fourth-order valence-electron chi connectivity index (χ4n) is 3.18. The van der Waals surface area contributed by atoms with E-state index < -0.39 is 0 Å². The molecule has 2 heterocycles. The van der Waals surface area contributed by atoms with E-state index in [1.165, 1.54) is 0 Å². The van der Waals surface area contributed by atoms with Crippen LogP contribution in [0.4, 0.5) is 5.69 Å². The maximum absolute atomic E-state index is 13.1. The lowest BCUT2D eigenvalue weighted by Crippen LogP contribution is -2.13. The molecule has 2 aromatic heterocycles. The van der Waals surface area contributed by atoms with Crippen molar-refractivity contribution in [2.24, 2.45) is 7.05 Å². The molecule has 23 heavy (non-hydrogen) atoms. The summed E-state index contributed by atoms with van der Waals surface area (Å²) in [7, 11) is 1.98. The quantitative estimate of drug-likeness (QED) is 0.583. The number of hydrogen-bond acceptors (Lipinski definition) is 2. The Morgan fingerprint density at radius 2 is 1.83 bits per heavy atom. The van der Waals surface area contributed by atoms with Gasteiger partial charge in [-0.1, -0.05) is 24.3 Å². The molecular formula is C19H17N3O. The van der Waals surface area contributed by atoms with Crippen molar-refractivity contribution >= 4 is 33.4 Å². The van der Waals surface area contributed by atoms with Crippen LogP contribution in [-0.2, 0) is 7.05 Å². The molecule has 114 valence electrons. The van der Waals surface area contributed by atoms with Crippen molar-refractivity contribution in [2.75, 3.05) is 5.73 Å². The minimum absolute atomic E-state index is 0.0569. The first-order chi connectivity index (χ1) is 11.1. The number of para-hydroxylation sites is 1. The van der Waals surface area contributed by atoms with Gasteiger partial charge in [0.15, 0.2) is 0 Å². The lowest BCUT2D eigenvalue weighted by Gasteiger charge is -2.08. The van der Waals surface area contributed by atoms with E-state index in [0.29, 0.717) is 11.3 Å². The molecule has 4 aromatic rings. The lowest BCUT2D eigenvalue weighted by atomic mass is 10.1. The van der Waals surface area contributed by atoms with Gasteiger partial charge in [-0.2, -0.15) is 0 Å². The smallest absolute Gasteiger partial charge is 0.262 e. The van der Waals surface area contributed by atoms with Crippen LogP contribution in [0.5, 0.6) is 0 Å². The van der Waals surface area contributed by atoms with Crippen molar-refractivity contribution in [1.82, 2.24) is 9.13 Å². The molecule has 2 N–H and O–H groups in total. The summed E-state index contributed by atoms with van der Waals surface area (Å²) in [4.78, 5) is 13.1. The molecular weight excluding hydrogens is 286 g/mol. The van der Waals surface area contributed by atoms with Crippen LogP contribution in [-0.4, -0.2) is 15.0 Å². The van der Waals surface area contributed by atoms with Gasteiger partial charge in [0.05, 0.1) is 11.2 Å². The van der Waals surface area contributed by atoms with E-state index in [9.17, 15) is 4.79 Å². The van der Waals surface area contributed by atoms with Crippen molar-refractivity contribution in [2.45, 2.75) is 6.92 Å². The molecule has 4 heteroatoms. The number of carbonyl (C=O) groups excluding carboxylic acids is 1. The minimum atomic E-state index is -0.0569. The zero-order chi connectivity index (χ0) is 16.1. The largest absolute Gasteiger partial charge is 0.397 e. The molecule has 0 unspecified atom stereocenters. The Hall–Kier alpha value is -3.01. The Balaban J connectivity index is 1.94. The van der Waals surface area contributed by atoms with Crippen LogP contribution in [0.3, 0.4) is 0 Å². The molecule has 0 amide bonds. The van der Waals surface area contributed by atoms with E-state index >= 15 is 0 Å². The molecule has 0 spiro atoms. The second-order valence-electron chi connectivity index (χ2n) is 5.86.